The molecule has 1 N–H and O–H groups in total. The van der Waals surface area contributed by atoms with Gasteiger partial charge >= 0.3 is 0 Å². The number of phenols is 1. The van der Waals surface area contributed by atoms with E-state index < -0.39 is 0 Å². The lowest BCUT2D eigenvalue weighted by molar-refractivity contribution is 0.111. The number of rotatable bonds is 2. The molecule has 0 aliphatic carbocycles. The lowest BCUT2D eigenvalue weighted by Gasteiger charge is -1.97. The van der Waals surface area contributed by atoms with E-state index in [1.54, 1.807) is 18.2 Å². The number of aryl methyl sites for hydroxylation is 3. The summed E-state index contributed by atoms with van der Waals surface area (Å²) in [7, 11) is 0. The zero-order chi connectivity index (χ0) is 15.1. The quantitative estimate of drug-likeness (QED) is 0.740. The molecule has 0 saturated carbocycles. The maximum absolute atomic E-state index is 10.3. The molecule has 0 atom stereocenters. The Balaban J connectivity index is -0.000000308. The summed E-state index contributed by atoms with van der Waals surface area (Å²) in [6.07, 6.45) is 1.52. The van der Waals surface area contributed by atoms with Crippen LogP contribution in [-0.2, 0) is 0 Å². The van der Waals surface area contributed by atoms with Crippen LogP contribution in [0.1, 0.15) is 59.7 Å². The topological polar surface area (TPSA) is 54.4 Å². The van der Waals surface area contributed by atoms with Crippen LogP contribution >= 0.6 is 0 Å². The van der Waals surface area contributed by atoms with Gasteiger partial charge in [-0.1, -0.05) is 52.1 Å². The second-order valence-corrected chi connectivity index (χ2v) is 4.66. The molecule has 3 nitrogen and oxygen atoms in total. The van der Waals surface area contributed by atoms with Crippen LogP contribution in [0.15, 0.2) is 36.4 Å². The number of hydrogen-bond acceptors (Lipinski definition) is 3. The molecule has 2 aromatic rings. The number of carbonyl (C=O) groups excluding carboxylic acids is 2. The van der Waals surface area contributed by atoms with Crippen molar-refractivity contribution in [1.29, 1.82) is 0 Å². The fourth-order valence-electron chi connectivity index (χ4n) is 1.71. The summed E-state index contributed by atoms with van der Waals surface area (Å²) in [5, 5.41) is 9.06. The van der Waals surface area contributed by atoms with Gasteiger partial charge in [0.25, 0.3) is 0 Å². The molecule has 0 bridgehead atoms. The molecule has 3 heteroatoms. The second-order valence-electron chi connectivity index (χ2n) is 4.66. The van der Waals surface area contributed by atoms with E-state index in [0.717, 1.165) is 23.0 Å². The van der Waals surface area contributed by atoms with E-state index >= 15 is 0 Å². The van der Waals surface area contributed by atoms with Crippen molar-refractivity contribution in [1.82, 2.24) is 0 Å². The molecule has 0 aliphatic heterocycles. The normalized spacial score (nSPS) is 8.13. The Hall–Kier alpha value is -2.42. The van der Waals surface area contributed by atoms with Crippen LogP contribution in [0.2, 0.25) is 0 Å². The van der Waals surface area contributed by atoms with Crippen molar-refractivity contribution in [2.24, 2.45) is 0 Å². The highest BCUT2D eigenvalue weighted by molar-refractivity contribution is 5.79. The predicted molar refractivity (Wildman–Crippen MR) is 99.7 cm³/mol. The van der Waals surface area contributed by atoms with E-state index in [1.165, 1.54) is 5.56 Å². The van der Waals surface area contributed by atoms with Gasteiger partial charge in [0, 0.05) is 5.56 Å². The number of aromatic hydroxyl groups is 1. The molecule has 0 amide bonds. The Kier molecular flexibility index (Phi) is 13.5. The van der Waals surface area contributed by atoms with E-state index in [2.05, 4.69) is 0 Å². The van der Waals surface area contributed by atoms with Crippen molar-refractivity contribution in [2.45, 2.75) is 43.1 Å². The summed E-state index contributed by atoms with van der Waals surface area (Å²) in [5.41, 5.74) is 4.32. The molecule has 2 rings (SSSR count). The van der Waals surface area contributed by atoms with Crippen LogP contribution in [0.25, 0.3) is 0 Å². The first-order valence-corrected chi connectivity index (χ1v) is 6.25. The van der Waals surface area contributed by atoms with E-state index in [1.807, 2.05) is 39.0 Å². The lowest BCUT2D eigenvalue weighted by atomic mass is 10.1. The van der Waals surface area contributed by atoms with Crippen molar-refractivity contribution < 1.29 is 14.7 Å². The molecular weight excluding hydrogens is 288 g/mol. The minimum absolute atomic E-state index is 0. The Morgan fingerprint density at radius 1 is 0.739 bits per heavy atom. The molecule has 23 heavy (non-hydrogen) atoms. The molecule has 0 spiro atoms. The van der Waals surface area contributed by atoms with Crippen LogP contribution in [-0.4, -0.2) is 17.7 Å². The van der Waals surface area contributed by atoms with Gasteiger partial charge < -0.3 is 5.11 Å². The fourth-order valence-corrected chi connectivity index (χ4v) is 1.71. The minimum atomic E-state index is 0. The van der Waals surface area contributed by atoms with Gasteiger partial charge in [0.2, 0.25) is 0 Å². The number of phenolic OH excluding ortho intramolecular Hbond substituents is 1. The summed E-state index contributed by atoms with van der Waals surface area (Å²) in [5.74, 6) is 0.0509. The first-order chi connectivity index (χ1) is 9.47. The SMILES string of the molecule is C.C.C.Cc1ccc(C=O)c(C)c1.Cc1ccc(C=O)c(O)c1. The molecule has 0 aliphatic rings. The summed E-state index contributed by atoms with van der Waals surface area (Å²) >= 11 is 0. The van der Waals surface area contributed by atoms with Gasteiger partial charge in [-0.25, -0.2) is 0 Å². The largest absolute Gasteiger partial charge is 0.507 e. The third kappa shape index (κ3) is 7.96. The summed E-state index contributed by atoms with van der Waals surface area (Å²) in [6.45, 7) is 5.81. The molecular formula is C20H30O3. The van der Waals surface area contributed by atoms with Crippen LogP contribution in [0.4, 0.5) is 0 Å². The standard InChI is InChI=1S/C9H10O.C8H8O2.3CH4/c1-7-3-4-9(6-10)8(2)5-7;1-6-2-3-7(5-9)8(10)4-6;;;/h3-6H,1-2H3;2-5,10H,1H3;3*1H4. The highest BCUT2D eigenvalue weighted by Gasteiger charge is 1.97. The summed E-state index contributed by atoms with van der Waals surface area (Å²) in [6, 6.07) is 10.7. The maximum atomic E-state index is 10.3. The molecule has 0 aromatic heterocycles. The second kappa shape index (κ2) is 12.2. The maximum Gasteiger partial charge on any atom is 0.153 e. The molecule has 0 heterocycles. The number of carbonyl (C=O) groups is 2. The zero-order valence-electron chi connectivity index (χ0n) is 11.9. The molecule has 0 radical (unpaired) electrons. The fraction of sp³-hybridized carbons (Fsp3) is 0.300. The third-order valence-electron chi connectivity index (χ3n) is 2.87. The molecule has 0 unspecified atom stereocenters. The van der Waals surface area contributed by atoms with Gasteiger partial charge in [0.1, 0.15) is 12.0 Å². The smallest absolute Gasteiger partial charge is 0.153 e. The van der Waals surface area contributed by atoms with E-state index in [9.17, 15) is 9.59 Å². The van der Waals surface area contributed by atoms with Gasteiger partial charge in [-0.05, 0) is 44.0 Å². The molecule has 0 saturated heterocycles. The minimum Gasteiger partial charge on any atom is -0.507 e. The van der Waals surface area contributed by atoms with E-state index in [4.69, 9.17) is 5.11 Å². The highest BCUT2D eigenvalue weighted by atomic mass is 16.3. The van der Waals surface area contributed by atoms with Gasteiger partial charge in [0.15, 0.2) is 6.29 Å². The average Bonchev–Trinajstić information content (AvgIpc) is 2.40. The van der Waals surface area contributed by atoms with Crippen molar-refractivity contribution in [2.75, 3.05) is 0 Å². The first-order valence-electron chi connectivity index (χ1n) is 6.25. The highest BCUT2D eigenvalue weighted by Crippen LogP contribution is 2.15. The Morgan fingerprint density at radius 2 is 1.17 bits per heavy atom. The Bertz CT molecular complexity index is 561. The van der Waals surface area contributed by atoms with Gasteiger partial charge in [-0.15, -0.1) is 0 Å². The van der Waals surface area contributed by atoms with Gasteiger partial charge in [-0.2, -0.15) is 0 Å². The van der Waals surface area contributed by atoms with Crippen molar-refractivity contribution in [3.63, 3.8) is 0 Å². The average molecular weight is 318 g/mol. The lowest BCUT2D eigenvalue weighted by Crippen LogP contribution is -1.85. The monoisotopic (exact) mass is 318 g/mol. The van der Waals surface area contributed by atoms with Crippen LogP contribution in [0, 0.1) is 20.8 Å². The molecule has 0 fully saturated rings. The Morgan fingerprint density at radius 3 is 1.57 bits per heavy atom. The predicted octanol–water partition coefficient (Wildman–Crippen LogP) is 5.54. The van der Waals surface area contributed by atoms with Crippen LogP contribution in [0.5, 0.6) is 5.75 Å². The number of benzene rings is 2. The van der Waals surface area contributed by atoms with Gasteiger partial charge in [0.05, 0.1) is 5.56 Å². The third-order valence-corrected chi connectivity index (χ3v) is 2.87. The van der Waals surface area contributed by atoms with E-state index in [-0.39, 0.29) is 28.0 Å². The first kappa shape index (κ1) is 25.5. The van der Waals surface area contributed by atoms with Crippen molar-refractivity contribution in [3.05, 3.63) is 64.2 Å². The summed E-state index contributed by atoms with van der Waals surface area (Å²) < 4.78 is 0. The zero-order valence-corrected chi connectivity index (χ0v) is 11.9. The van der Waals surface area contributed by atoms with Crippen molar-refractivity contribution in [3.8, 4) is 5.75 Å². The van der Waals surface area contributed by atoms with E-state index in [0.29, 0.717) is 11.8 Å². The summed E-state index contributed by atoms with van der Waals surface area (Å²) in [4.78, 5) is 20.5. The van der Waals surface area contributed by atoms with Gasteiger partial charge in [-0.3, -0.25) is 9.59 Å². The van der Waals surface area contributed by atoms with Crippen molar-refractivity contribution >= 4 is 12.6 Å². The number of hydrogen-bond donors (Lipinski definition) is 1. The van der Waals surface area contributed by atoms with Crippen LogP contribution < -0.4 is 0 Å². The number of aldehydes is 2. The Labute approximate surface area is 141 Å². The van der Waals surface area contributed by atoms with Crippen LogP contribution in [0.3, 0.4) is 0 Å². The molecule has 128 valence electrons. The molecule has 2 aromatic carbocycles.